The minimum Gasteiger partial charge on any atom is -0.444 e. The minimum atomic E-state index is -4.31. The first kappa shape index (κ1) is 19.3. The van der Waals surface area contributed by atoms with Crippen LogP contribution in [-0.2, 0) is 10.9 Å². The molecule has 1 saturated heterocycles. The van der Waals surface area contributed by atoms with Crippen molar-refractivity contribution in [1.29, 1.82) is 0 Å². The van der Waals surface area contributed by atoms with Gasteiger partial charge in [-0.1, -0.05) is 24.3 Å². The molecule has 0 bridgehead atoms. The third-order valence-electron chi connectivity index (χ3n) is 3.96. The van der Waals surface area contributed by atoms with Gasteiger partial charge in [0.05, 0.1) is 5.56 Å². The minimum absolute atomic E-state index is 0.290. The monoisotopic (exact) mass is 355 g/mol. The Balaban J connectivity index is 1.82. The molecule has 6 heteroatoms. The van der Waals surface area contributed by atoms with E-state index >= 15 is 0 Å². The Hall–Kier alpha value is -1.98. The number of nitrogens with zero attached hydrogens (tertiary/aromatic N) is 1. The molecule has 1 fully saturated rings. The fraction of sp³-hybridized carbons (Fsp3) is 0.526. The highest BCUT2D eigenvalue weighted by Gasteiger charge is 2.30. The lowest BCUT2D eigenvalue weighted by Gasteiger charge is -2.24. The standard InChI is InChI=1S/C19H24F3NO2/c1-18(2,3)25-17(24)23-12-11-15(13-23)6-4-5-14-7-9-16(10-8-14)19(20,21)22/h4-5,7-10,15H,6,11-13H2,1-3H3/b5-4+/t15-/m0/s1. The van der Waals surface area contributed by atoms with Crippen LogP contribution in [0.15, 0.2) is 30.3 Å². The molecule has 25 heavy (non-hydrogen) atoms. The summed E-state index contributed by atoms with van der Waals surface area (Å²) < 4.78 is 42.9. The molecule has 1 aliphatic rings. The summed E-state index contributed by atoms with van der Waals surface area (Å²) in [5.41, 5.74) is -0.416. The van der Waals surface area contributed by atoms with E-state index in [1.165, 1.54) is 12.1 Å². The maximum absolute atomic E-state index is 12.5. The van der Waals surface area contributed by atoms with Gasteiger partial charge in [0.1, 0.15) is 5.60 Å². The second kappa shape index (κ2) is 7.50. The third kappa shape index (κ3) is 6.11. The Morgan fingerprint density at radius 2 is 1.88 bits per heavy atom. The maximum Gasteiger partial charge on any atom is 0.416 e. The number of ether oxygens (including phenoxy) is 1. The lowest BCUT2D eigenvalue weighted by Crippen LogP contribution is -2.35. The van der Waals surface area contributed by atoms with Crippen molar-refractivity contribution in [3.63, 3.8) is 0 Å². The van der Waals surface area contributed by atoms with Gasteiger partial charge in [-0.25, -0.2) is 4.79 Å². The van der Waals surface area contributed by atoms with E-state index in [4.69, 9.17) is 4.74 Å². The molecule has 1 aliphatic heterocycles. The van der Waals surface area contributed by atoms with Crippen LogP contribution in [-0.4, -0.2) is 29.7 Å². The van der Waals surface area contributed by atoms with Gasteiger partial charge < -0.3 is 9.64 Å². The highest BCUT2D eigenvalue weighted by atomic mass is 19.4. The van der Waals surface area contributed by atoms with E-state index in [0.717, 1.165) is 30.5 Å². The van der Waals surface area contributed by atoms with Gasteiger partial charge in [-0.3, -0.25) is 0 Å². The number of hydrogen-bond acceptors (Lipinski definition) is 2. The van der Waals surface area contributed by atoms with Crippen LogP contribution in [0.3, 0.4) is 0 Å². The van der Waals surface area contributed by atoms with Gasteiger partial charge in [0.15, 0.2) is 0 Å². The van der Waals surface area contributed by atoms with Crippen molar-refractivity contribution in [3.05, 3.63) is 41.5 Å². The van der Waals surface area contributed by atoms with Crippen LogP contribution in [0.1, 0.15) is 44.7 Å². The quantitative estimate of drug-likeness (QED) is 0.730. The van der Waals surface area contributed by atoms with Gasteiger partial charge in [-0.2, -0.15) is 13.2 Å². The van der Waals surface area contributed by atoms with E-state index in [-0.39, 0.29) is 6.09 Å². The molecule has 138 valence electrons. The first-order valence-corrected chi connectivity index (χ1v) is 8.36. The Bertz CT molecular complexity index is 615. The van der Waals surface area contributed by atoms with Gasteiger partial charge in [0, 0.05) is 13.1 Å². The molecular weight excluding hydrogens is 331 g/mol. The van der Waals surface area contributed by atoms with Crippen molar-refractivity contribution in [2.45, 2.75) is 45.4 Å². The van der Waals surface area contributed by atoms with Gasteiger partial charge in [-0.05, 0) is 57.2 Å². The smallest absolute Gasteiger partial charge is 0.416 e. The number of hydrogen-bond donors (Lipinski definition) is 0. The van der Waals surface area contributed by atoms with E-state index in [1.54, 1.807) is 4.90 Å². The van der Waals surface area contributed by atoms with E-state index in [2.05, 4.69) is 0 Å². The maximum atomic E-state index is 12.5. The predicted molar refractivity (Wildman–Crippen MR) is 91.0 cm³/mol. The summed E-state index contributed by atoms with van der Waals surface area (Å²) in [7, 11) is 0. The zero-order valence-corrected chi connectivity index (χ0v) is 14.8. The number of benzene rings is 1. The molecule has 0 radical (unpaired) electrons. The van der Waals surface area contributed by atoms with Crippen molar-refractivity contribution in [3.8, 4) is 0 Å². The summed E-state index contributed by atoms with van der Waals surface area (Å²) in [4.78, 5) is 13.7. The Labute approximate surface area is 146 Å². The average Bonchev–Trinajstić information content (AvgIpc) is 2.94. The van der Waals surface area contributed by atoms with Gasteiger partial charge in [0.2, 0.25) is 0 Å². The molecule has 2 rings (SSSR count). The molecule has 0 aromatic heterocycles. The molecule has 3 nitrogen and oxygen atoms in total. The largest absolute Gasteiger partial charge is 0.444 e. The van der Waals surface area contributed by atoms with Gasteiger partial charge >= 0.3 is 12.3 Å². The first-order chi connectivity index (χ1) is 11.5. The van der Waals surface area contributed by atoms with Gasteiger partial charge in [0.25, 0.3) is 0 Å². The second-order valence-corrected chi connectivity index (χ2v) is 7.34. The lowest BCUT2D eigenvalue weighted by atomic mass is 10.0. The first-order valence-electron chi connectivity index (χ1n) is 8.36. The number of alkyl halides is 3. The van der Waals surface area contributed by atoms with Gasteiger partial charge in [-0.15, -0.1) is 0 Å². The van der Waals surface area contributed by atoms with E-state index < -0.39 is 17.3 Å². The molecule has 0 aliphatic carbocycles. The number of halogens is 3. The van der Waals surface area contributed by atoms with Crippen LogP contribution in [0.25, 0.3) is 6.08 Å². The van der Waals surface area contributed by atoms with E-state index in [9.17, 15) is 18.0 Å². The van der Waals surface area contributed by atoms with E-state index in [0.29, 0.717) is 19.0 Å². The fourth-order valence-corrected chi connectivity index (χ4v) is 2.70. The number of allylic oxidation sites excluding steroid dienone is 1. The number of carbonyl (C=O) groups is 1. The summed E-state index contributed by atoms with van der Waals surface area (Å²) in [6.45, 7) is 6.84. The second-order valence-electron chi connectivity index (χ2n) is 7.34. The topological polar surface area (TPSA) is 29.5 Å². The Morgan fingerprint density at radius 1 is 1.24 bits per heavy atom. The molecular formula is C19H24F3NO2. The zero-order valence-electron chi connectivity index (χ0n) is 14.8. The van der Waals surface area contributed by atoms with Crippen molar-refractivity contribution in [1.82, 2.24) is 4.90 Å². The van der Waals surface area contributed by atoms with Crippen LogP contribution in [0.4, 0.5) is 18.0 Å². The Morgan fingerprint density at radius 3 is 2.44 bits per heavy atom. The summed E-state index contributed by atoms with van der Waals surface area (Å²) in [5, 5.41) is 0. The fourth-order valence-electron chi connectivity index (χ4n) is 2.70. The molecule has 1 amide bonds. The van der Waals surface area contributed by atoms with Crippen molar-refractivity contribution in [2.24, 2.45) is 5.92 Å². The predicted octanol–water partition coefficient (Wildman–Crippen LogP) is 5.37. The van der Waals surface area contributed by atoms with Crippen LogP contribution in [0.5, 0.6) is 0 Å². The number of amides is 1. The van der Waals surface area contributed by atoms with Crippen molar-refractivity contribution >= 4 is 12.2 Å². The number of carbonyl (C=O) groups excluding carboxylic acids is 1. The van der Waals surface area contributed by atoms with Crippen LogP contribution in [0.2, 0.25) is 0 Å². The number of rotatable bonds is 3. The zero-order chi connectivity index (χ0) is 18.7. The average molecular weight is 355 g/mol. The Kier molecular flexibility index (Phi) is 5.80. The molecule has 0 saturated carbocycles. The molecule has 1 atom stereocenters. The molecule has 0 spiro atoms. The molecule has 0 unspecified atom stereocenters. The highest BCUT2D eigenvalue weighted by molar-refractivity contribution is 5.68. The summed E-state index contributed by atoms with van der Waals surface area (Å²) in [5.74, 6) is 0.346. The number of likely N-dealkylation sites (tertiary alicyclic amines) is 1. The van der Waals surface area contributed by atoms with Crippen LogP contribution >= 0.6 is 0 Å². The molecule has 1 aromatic rings. The summed E-state index contributed by atoms with van der Waals surface area (Å²) >= 11 is 0. The van der Waals surface area contributed by atoms with Crippen molar-refractivity contribution < 1.29 is 22.7 Å². The summed E-state index contributed by atoms with van der Waals surface area (Å²) in [6.07, 6.45) is 0.845. The van der Waals surface area contributed by atoms with E-state index in [1.807, 2.05) is 32.9 Å². The highest BCUT2D eigenvalue weighted by Crippen LogP contribution is 2.29. The van der Waals surface area contributed by atoms with Crippen molar-refractivity contribution in [2.75, 3.05) is 13.1 Å². The molecule has 1 heterocycles. The third-order valence-corrected chi connectivity index (χ3v) is 3.96. The lowest BCUT2D eigenvalue weighted by molar-refractivity contribution is -0.137. The normalized spacial score (nSPS) is 18.8. The van der Waals surface area contributed by atoms with Crippen LogP contribution in [0, 0.1) is 5.92 Å². The summed E-state index contributed by atoms with van der Waals surface area (Å²) in [6, 6.07) is 5.08. The molecule has 1 aromatic carbocycles. The van der Waals surface area contributed by atoms with Crippen LogP contribution < -0.4 is 0 Å². The molecule has 0 N–H and O–H groups in total. The SMILES string of the molecule is CC(C)(C)OC(=O)N1CC[C@H](C/C=C/c2ccc(C(F)(F)F)cc2)C1.